The third kappa shape index (κ3) is 1.97. The Bertz CT molecular complexity index is 400. The number of anilines is 2. The van der Waals surface area contributed by atoms with Crippen molar-refractivity contribution in [3.8, 4) is 0 Å². The highest BCUT2D eigenvalue weighted by Crippen LogP contribution is 2.33. The van der Waals surface area contributed by atoms with Crippen molar-refractivity contribution in [1.29, 1.82) is 0 Å². The zero-order valence-electron chi connectivity index (χ0n) is 9.27. The lowest BCUT2D eigenvalue weighted by Crippen LogP contribution is -2.30. The van der Waals surface area contributed by atoms with E-state index in [1.807, 2.05) is 11.9 Å². The number of rotatable bonds is 4. The zero-order chi connectivity index (χ0) is 11.7. The number of amides is 1. The second kappa shape index (κ2) is 4.29. The highest BCUT2D eigenvalue weighted by Gasteiger charge is 2.24. The Balaban J connectivity index is 2.15. The van der Waals surface area contributed by atoms with E-state index in [0.29, 0.717) is 5.56 Å². The van der Waals surface area contributed by atoms with Gasteiger partial charge in [-0.3, -0.25) is 4.79 Å². The molecule has 5 nitrogen and oxygen atoms in total. The molecule has 1 aliphatic carbocycles. The molecular weight excluding hydrogens is 224 g/mol. The summed E-state index contributed by atoms with van der Waals surface area (Å²) in [5, 5.41) is 0.789. The number of nitrogens with zero attached hydrogens (tertiary/aromatic N) is 2. The lowest BCUT2D eigenvalue weighted by atomic mass is 9.85. The van der Waals surface area contributed by atoms with Gasteiger partial charge < -0.3 is 16.4 Å². The molecule has 1 aromatic heterocycles. The van der Waals surface area contributed by atoms with Gasteiger partial charge in [-0.15, -0.1) is 0 Å². The molecule has 0 saturated heterocycles. The standard InChI is InChI=1S/C10H16N4OS/c1-14(5-6-3-2-4-6)10-7(9(12)15)8(11)13-16-10/h6H,2-5H2,1H3,(H2,11,13)(H2,12,15). The van der Waals surface area contributed by atoms with Gasteiger partial charge >= 0.3 is 0 Å². The van der Waals surface area contributed by atoms with Crippen molar-refractivity contribution in [2.45, 2.75) is 19.3 Å². The average Bonchev–Trinajstić information content (AvgIpc) is 2.53. The predicted molar refractivity (Wildman–Crippen MR) is 65.7 cm³/mol. The van der Waals surface area contributed by atoms with Crippen LogP contribution >= 0.6 is 11.5 Å². The Morgan fingerprint density at radius 3 is 2.81 bits per heavy atom. The van der Waals surface area contributed by atoms with Crippen LogP contribution < -0.4 is 16.4 Å². The smallest absolute Gasteiger partial charge is 0.255 e. The molecule has 88 valence electrons. The summed E-state index contributed by atoms with van der Waals surface area (Å²) >= 11 is 1.24. The number of aromatic nitrogens is 1. The Hall–Kier alpha value is -1.30. The molecule has 4 N–H and O–H groups in total. The third-order valence-electron chi connectivity index (χ3n) is 3.05. The second-order valence-electron chi connectivity index (χ2n) is 4.29. The maximum absolute atomic E-state index is 11.3. The molecular formula is C10H16N4OS. The minimum Gasteiger partial charge on any atom is -0.382 e. The summed E-state index contributed by atoms with van der Waals surface area (Å²) in [5.74, 6) is 0.476. The summed E-state index contributed by atoms with van der Waals surface area (Å²) < 4.78 is 3.99. The van der Waals surface area contributed by atoms with Gasteiger partial charge in [0.1, 0.15) is 10.6 Å². The fraction of sp³-hybridized carbons (Fsp3) is 0.600. The van der Waals surface area contributed by atoms with Gasteiger partial charge in [-0.2, -0.15) is 4.37 Å². The largest absolute Gasteiger partial charge is 0.382 e. The molecule has 1 saturated carbocycles. The van der Waals surface area contributed by atoms with Crippen LogP contribution in [-0.2, 0) is 0 Å². The fourth-order valence-corrected chi connectivity index (χ4v) is 2.72. The molecule has 0 bridgehead atoms. The minimum atomic E-state index is -0.498. The molecule has 0 radical (unpaired) electrons. The molecule has 1 aromatic rings. The number of nitrogen functional groups attached to an aromatic ring is 1. The van der Waals surface area contributed by atoms with Gasteiger partial charge in [-0.25, -0.2) is 0 Å². The predicted octanol–water partition coefficient (Wildman–Crippen LogP) is 1.06. The van der Waals surface area contributed by atoms with Crippen LogP contribution in [-0.4, -0.2) is 23.9 Å². The van der Waals surface area contributed by atoms with Crippen LogP contribution in [0.25, 0.3) is 0 Å². The van der Waals surface area contributed by atoms with Gasteiger partial charge in [0.15, 0.2) is 5.82 Å². The Labute approximate surface area is 98.6 Å². The Kier molecular flexibility index (Phi) is 3.00. The van der Waals surface area contributed by atoms with Crippen molar-refractivity contribution in [2.75, 3.05) is 24.2 Å². The van der Waals surface area contributed by atoms with Gasteiger partial charge in [0.05, 0.1) is 0 Å². The van der Waals surface area contributed by atoms with Crippen molar-refractivity contribution in [2.24, 2.45) is 11.7 Å². The molecule has 6 heteroatoms. The third-order valence-corrected chi connectivity index (χ3v) is 4.03. The molecule has 2 rings (SSSR count). The summed E-state index contributed by atoms with van der Waals surface area (Å²) in [4.78, 5) is 13.3. The van der Waals surface area contributed by atoms with Crippen LogP contribution in [0.5, 0.6) is 0 Å². The Morgan fingerprint density at radius 2 is 2.31 bits per heavy atom. The number of hydrogen-bond acceptors (Lipinski definition) is 5. The van der Waals surface area contributed by atoms with Crippen molar-refractivity contribution in [3.63, 3.8) is 0 Å². The minimum absolute atomic E-state index is 0.243. The molecule has 1 fully saturated rings. The van der Waals surface area contributed by atoms with E-state index in [0.717, 1.165) is 17.5 Å². The van der Waals surface area contributed by atoms with Crippen molar-refractivity contribution in [3.05, 3.63) is 5.56 Å². The number of carbonyl (C=O) groups excluding carboxylic acids is 1. The first-order valence-corrected chi connectivity index (χ1v) is 6.13. The molecule has 0 spiro atoms. The van der Waals surface area contributed by atoms with E-state index in [-0.39, 0.29) is 5.82 Å². The lowest BCUT2D eigenvalue weighted by Gasteiger charge is -2.30. The molecule has 0 aliphatic heterocycles. The second-order valence-corrected chi connectivity index (χ2v) is 5.04. The average molecular weight is 240 g/mol. The van der Waals surface area contributed by atoms with Crippen LogP contribution in [0, 0.1) is 5.92 Å². The van der Waals surface area contributed by atoms with E-state index in [9.17, 15) is 4.79 Å². The van der Waals surface area contributed by atoms with Crippen LogP contribution in [0.3, 0.4) is 0 Å². The summed E-state index contributed by atoms with van der Waals surface area (Å²) in [6.45, 7) is 0.946. The fourth-order valence-electron chi connectivity index (χ4n) is 1.93. The summed E-state index contributed by atoms with van der Waals surface area (Å²) in [5.41, 5.74) is 11.3. The number of primary amides is 1. The Morgan fingerprint density at radius 1 is 1.62 bits per heavy atom. The molecule has 1 aliphatic rings. The maximum atomic E-state index is 11.3. The zero-order valence-corrected chi connectivity index (χ0v) is 10.1. The van der Waals surface area contributed by atoms with Gasteiger partial charge in [0.25, 0.3) is 5.91 Å². The van der Waals surface area contributed by atoms with E-state index in [4.69, 9.17) is 11.5 Å². The highest BCUT2D eigenvalue weighted by molar-refractivity contribution is 7.11. The van der Waals surface area contributed by atoms with Gasteiger partial charge in [-0.1, -0.05) is 6.42 Å². The van der Waals surface area contributed by atoms with Crippen LogP contribution in [0.15, 0.2) is 0 Å². The van der Waals surface area contributed by atoms with Crippen molar-refractivity contribution >= 4 is 28.3 Å². The van der Waals surface area contributed by atoms with E-state index in [2.05, 4.69) is 4.37 Å². The SMILES string of the molecule is CN(CC1CCC1)c1snc(N)c1C(N)=O. The first-order chi connectivity index (χ1) is 7.59. The van der Waals surface area contributed by atoms with E-state index in [1.54, 1.807) is 0 Å². The summed E-state index contributed by atoms with van der Waals surface area (Å²) in [6.07, 6.45) is 3.85. The molecule has 0 atom stereocenters. The monoisotopic (exact) mass is 240 g/mol. The quantitative estimate of drug-likeness (QED) is 0.824. The molecule has 0 unspecified atom stereocenters. The normalized spacial score (nSPS) is 15.8. The highest BCUT2D eigenvalue weighted by atomic mass is 32.1. The molecule has 1 amide bonds. The summed E-state index contributed by atoms with van der Waals surface area (Å²) in [6, 6.07) is 0. The lowest BCUT2D eigenvalue weighted by molar-refractivity contribution is 0.100. The topological polar surface area (TPSA) is 85.2 Å². The van der Waals surface area contributed by atoms with Crippen molar-refractivity contribution < 1.29 is 4.79 Å². The molecule has 0 aromatic carbocycles. The molecule has 16 heavy (non-hydrogen) atoms. The number of nitrogens with two attached hydrogens (primary N) is 2. The first kappa shape index (κ1) is 11.2. The van der Waals surface area contributed by atoms with E-state index in [1.165, 1.54) is 30.8 Å². The van der Waals surface area contributed by atoms with Crippen LogP contribution in [0.2, 0.25) is 0 Å². The van der Waals surface area contributed by atoms with Gasteiger partial charge in [-0.05, 0) is 30.3 Å². The van der Waals surface area contributed by atoms with Gasteiger partial charge in [0.2, 0.25) is 0 Å². The van der Waals surface area contributed by atoms with E-state index < -0.39 is 5.91 Å². The summed E-state index contributed by atoms with van der Waals surface area (Å²) in [7, 11) is 1.96. The number of carbonyl (C=O) groups is 1. The first-order valence-electron chi connectivity index (χ1n) is 5.35. The van der Waals surface area contributed by atoms with Crippen LogP contribution in [0.1, 0.15) is 29.6 Å². The maximum Gasteiger partial charge on any atom is 0.255 e. The van der Waals surface area contributed by atoms with Crippen molar-refractivity contribution in [1.82, 2.24) is 4.37 Å². The van der Waals surface area contributed by atoms with E-state index >= 15 is 0 Å². The number of hydrogen-bond donors (Lipinski definition) is 2. The van der Waals surface area contributed by atoms with Crippen LogP contribution in [0.4, 0.5) is 10.8 Å². The van der Waals surface area contributed by atoms with Gasteiger partial charge in [0, 0.05) is 13.6 Å². The molecule has 1 heterocycles.